The van der Waals surface area contributed by atoms with Gasteiger partial charge in [0.2, 0.25) is 0 Å². The Morgan fingerprint density at radius 1 is 1.40 bits per heavy atom. The summed E-state index contributed by atoms with van der Waals surface area (Å²) in [6.07, 6.45) is 3.76. The summed E-state index contributed by atoms with van der Waals surface area (Å²) in [5, 5.41) is 16.9. The van der Waals surface area contributed by atoms with Crippen LogP contribution in [-0.4, -0.2) is 33.3 Å². The Morgan fingerprint density at radius 3 is 2.95 bits per heavy atom. The van der Waals surface area contributed by atoms with E-state index in [4.69, 9.17) is 5.26 Å². The summed E-state index contributed by atoms with van der Waals surface area (Å²) in [5.41, 5.74) is 0.761. The molecule has 20 heavy (non-hydrogen) atoms. The molecule has 106 valence electrons. The van der Waals surface area contributed by atoms with Gasteiger partial charge in [0.1, 0.15) is 11.6 Å². The van der Waals surface area contributed by atoms with E-state index < -0.39 is 0 Å². The fraction of sp³-hybridized carbons (Fsp3) is 0.571. The molecule has 1 atom stereocenters. The smallest absolute Gasteiger partial charge is 0.161 e. The van der Waals surface area contributed by atoms with Gasteiger partial charge in [0.05, 0.1) is 23.6 Å². The number of hydrogen-bond donors (Lipinski definition) is 1. The van der Waals surface area contributed by atoms with E-state index in [1.807, 2.05) is 20.8 Å². The number of rotatable bonds is 1. The Morgan fingerprint density at radius 2 is 2.20 bits per heavy atom. The van der Waals surface area contributed by atoms with Gasteiger partial charge in [-0.3, -0.25) is 5.10 Å². The van der Waals surface area contributed by atoms with Gasteiger partial charge in [-0.2, -0.15) is 10.4 Å². The number of nitrogens with one attached hydrogen (secondary N) is 1. The second-order valence-electron chi connectivity index (χ2n) is 4.64. The van der Waals surface area contributed by atoms with Gasteiger partial charge < -0.3 is 4.90 Å². The number of piperidine rings is 1. The van der Waals surface area contributed by atoms with Crippen molar-refractivity contribution in [3.63, 3.8) is 0 Å². The lowest BCUT2D eigenvalue weighted by Gasteiger charge is -2.30. The van der Waals surface area contributed by atoms with E-state index in [-0.39, 0.29) is 5.92 Å². The number of nitriles is 1. The van der Waals surface area contributed by atoms with Crippen LogP contribution in [0.5, 0.6) is 0 Å². The molecule has 1 saturated heterocycles. The van der Waals surface area contributed by atoms with Crippen LogP contribution in [0.25, 0.3) is 11.0 Å². The van der Waals surface area contributed by atoms with Crippen LogP contribution < -0.4 is 4.90 Å². The maximum atomic E-state index is 9.06. The maximum Gasteiger partial charge on any atom is 0.161 e. The third kappa shape index (κ3) is 2.72. The molecule has 2 aromatic rings. The standard InChI is InChI=1S/C12H14N6.C2H6/c1-8-15-11-10(6-14-17-11)12(16-8)18-4-2-3-9(5-13)7-18;1-2/h6,9H,2-4,7H2,1H3,(H,14,15,16,17);1-2H3. The molecule has 1 aliphatic heterocycles. The molecule has 2 aromatic heterocycles. The van der Waals surface area contributed by atoms with Gasteiger partial charge in [-0.25, -0.2) is 9.97 Å². The molecule has 1 fully saturated rings. The van der Waals surface area contributed by atoms with E-state index >= 15 is 0 Å². The molecule has 0 spiro atoms. The van der Waals surface area contributed by atoms with Gasteiger partial charge in [0, 0.05) is 13.1 Å². The molecule has 1 unspecified atom stereocenters. The maximum absolute atomic E-state index is 9.06. The van der Waals surface area contributed by atoms with Crippen molar-refractivity contribution in [2.45, 2.75) is 33.6 Å². The lowest BCUT2D eigenvalue weighted by atomic mass is 9.99. The highest BCUT2D eigenvalue weighted by molar-refractivity contribution is 5.86. The van der Waals surface area contributed by atoms with Crippen LogP contribution in [0.1, 0.15) is 32.5 Å². The fourth-order valence-corrected chi connectivity index (χ4v) is 2.44. The normalized spacial score (nSPS) is 18.3. The molecule has 0 aliphatic carbocycles. The number of H-pyrrole nitrogens is 1. The first kappa shape index (κ1) is 14.3. The molecule has 0 amide bonds. The molecule has 1 N–H and O–H groups in total. The molecule has 6 heteroatoms. The Kier molecular flexibility index (Phi) is 4.51. The summed E-state index contributed by atoms with van der Waals surface area (Å²) in [7, 11) is 0. The summed E-state index contributed by atoms with van der Waals surface area (Å²) >= 11 is 0. The van der Waals surface area contributed by atoms with Crippen LogP contribution in [0.15, 0.2) is 6.20 Å². The van der Waals surface area contributed by atoms with E-state index in [0.717, 1.165) is 48.6 Å². The Bertz CT molecular complexity index is 612. The molecule has 0 saturated carbocycles. The van der Waals surface area contributed by atoms with Gasteiger partial charge in [-0.15, -0.1) is 0 Å². The number of aromatic amines is 1. The second-order valence-corrected chi connectivity index (χ2v) is 4.64. The summed E-state index contributed by atoms with van der Waals surface area (Å²) in [6.45, 7) is 7.55. The first-order valence-electron chi connectivity index (χ1n) is 7.10. The van der Waals surface area contributed by atoms with Crippen molar-refractivity contribution in [1.82, 2.24) is 20.2 Å². The Hall–Kier alpha value is -2.16. The molecule has 3 heterocycles. The van der Waals surface area contributed by atoms with Gasteiger partial charge in [-0.05, 0) is 19.8 Å². The van der Waals surface area contributed by atoms with Gasteiger partial charge in [0.25, 0.3) is 0 Å². The monoisotopic (exact) mass is 272 g/mol. The van der Waals surface area contributed by atoms with Crippen molar-refractivity contribution in [2.24, 2.45) is 5.92 Å². The molecule has 0 aromatic carbocycles. The average molecular weight is 272 g/mol. The number of hydrogen-bond acceptors (Lipinski definition) is 5. The molecular formula is C14H20N6. The summed E-state index contributed by atoms with van der Waals surface area (Å²) in [6, 6.07) is 2.35. The third-order valence-electron chi connectivity index (χ3n) is 3.30. The average Bonchev–Trinajstić information content (AvgIpc) is 2.96. The lowest BCUT2D eigenvalue weighted by molar-refractivity contribution is 0.491. The highest BCUT2D eigenvalue weighted by atomic mass is 15.2. The zero-order chi connectivity index (χ0) is 14.5. The zero-order valence-electron chi connectivity index (χ0n) is 12.2. The van der Waals surface area contributed by atoms with Crippen molar-refractivity contribution >= 4 is 16.9 Å². The number of anilines is 1. The summed E-state index contributed by atoms with van der Waals surface area (Å²) < 4.78 is 0. The highest BCUT2D eigenvalue weighted by Crippen LogP contribution is 2.26. The van der Waals surface area contributed by atoms with Gasteiger partial charge in [-0.1, -0.05) is 13.8 Å². The minimum absolute atomic E-state index is 0.0935. The highest BCUT2D eigenvalue weighted by Gasteiger charge is 2.22. The quantitative estimate of drug-likeness (QED) is 0.862. The van der Waals surface area contributed by atoms with Crippen LogP contribution in [0.2, 0.25) is 0 Å². The number of fused-ring (bicyclic) bond motifs is 1. The SMILES string of the molecule is CC.Cc1nc(N2CCCC(C#N)C2)c2cn[nH]c2n1. The van der Waals surface area contributed by atoms with E-state index in [0.29, 0.717) is 0 Å². The van der Waals surface area contributed by atoms with E-state index in [1.165, 1.54) is 0 Å². The number of aryl methyl sites for hydroxylation is 1. The molecular weight excluding hydrogens is 252 g/mol. The summed E-state index contributed by atoms with van der Waals surface area (Å²) in [5.74, 6) is 1.71. The van der Waals surface area contributed by atoms with Crippen LogP contribution in [0.3, 0.4) is 0 Å². The molecule has 1 aliphatic rings. The Labute approximate surface area is 118 Å². The minimum atomic E-state index is 0.0935. The van der Waals surface area contributed by atoms with Crippen LogP contribution >= 0.6 is 0 Å². The first-order valence-corrected chi connectivity index (χ1v) is 7.10. The van der Waals surface area contributed by atoms with E-state index in [1.54, 1.807) is 6.20 Å². The van der Waals surface area contributed by atoms with Gasteiger partial charge in [0.15, 0.2) is 5.65 Å². The van der Waals surface area contributed by atoms with Crippen molar-refractivity contribution in [1.29, 1.82) is 5.26 Å². The van der Waals surface area contributed by atoms with Crippen molar-refractivity contribution in [3.05, 3.63) is 12.0 Å². The van der Waals surface area contributed by atoms with Crippen molar-refractivity contribution in [2.75, 3.05) is 18.0 Å². The van der Waals surface area contributed by atoms with Crippen molar-refractivity contribution < 1.29 is 0 Å². The molecule has 0 bridgehead atoms. The van der Waals surface area contributed by atoms with Crippen molar-refractivity contribution in [3.8, 4) is 6.07 Å². The van der Waals surface area contributed by atoms with Crippen LogP contribution in [0.4, 0.5) is 5.82 Å². The topological polar surface area (TPSA) is 81.5 Å². The van der Waals surface area contributed by atoms with Gasteiger partial charge >= 0.3 is 0 Å². The van der Waals surface area contributed by atoms with E-state index in [9.17, 15) is 0 Å². The predicted molar refractivity (Wildman–Crippen MR) is 78.3 cm³/mol. The number of nitrogens with zero attached hydrogens (tertiary/aromatic N) is 5. The van der Waals surface area contributed by atoms with Crippen LogP contribution in [0, 0.1) is 24.2 Å². The predicted octanol–water partition coefficient (Wildman–Crippen LogP) is 2.43. The fourth-order valence-electron chi connectivity index (χ4n) is 2.44. The zero-order valence-corrected chi connectivity index (χ0v) is 12.2. The molecule has 3 rings (SSSR count). The van der Waals surface area contributed by atoms with Crippen LogP contribution in [-0.2, 0) is 0 Å². The van der Waals surface area contributed by atoms with E-state index in [2.05, 4.69) is 31.1 Å². The summed E-state index contributed by atoms with van der Waals surface area (Å²) in [4.78, 5) is 11.0. The largest absolute Gasteiger partial charge is 0.355 e. The molecule has 0 radical (unpaired) electrons. The second kappa shape index (κ2) is 6.33. The lowest BCUT2D eigenvalue weighted by Crippen LogP contribution is -2.35. The Balaban J connectivity index is 0.000000704. The third-order valence-corrected chi connectivity index (χ3v) is 3.30. The number of aromatic nitrogens is 4. The first-order chi connectivity index (χ1) is 9.78. The minimum Gasteiger partial charge on any atom is -0.355 e. The molecule has 6 nitrogen and oxygen atoms in total.